The smallest absolute Gasteiger partial charge is 0.323 e. The van der Waals surface area contributed by atoms with Crippen molar-refractivity contribution in [2.75, 3.05) is 17.5 Å². The van der Waals surface area contributed by atoms with E-state index in [9.17, 15) is 22.4 Å². The van der Waals surface area contributed by atoms with Gasteiger partial charge < -0.3 is 10.0 Å². The molecule has 1 aromatic carbocycles. The molecule has 2 N–H and O–H groups in total. The van der Waals surface area contributed by atoms with E-state index in [-0.39, 0.29) is 17.3 Å². The molecule has 0 saturated heterocycles. The Kier molecular flexibility index (Phi) is 4.36. The highest BCUT2D eigenvalue weighted by molar-refractivity contribution is 7.92. The molecule has 0 radical (unpaired) electrons. The van der Waals surface area contributed by atoms with Crippen molar-refractivity contribution in [1.82, 2.24) is 4.90 Å². The minimum atomic E-state index is -3.69. The number of rotatable bonds is 6. The van der Waals surface area contributed by atoms with E-state index in [0.717, 1.165) is 18.4 Å². The van der Waals surface area contributed by atoms with E-state index in [4.69, 9.17) is 5.11 Å². The third-order valence-electron chi connectivity index (χ3n) is 3.06. The highest BCUT2D eigenvalue weighted by atomic mass is 32.2. The zero-order valence-corrected chi connectivity index (χ0v) is 12.6. The molecule has 0 bridgehead atoms. The molecule has 0 unspecified atom stereocenters. The van der Waals surface area contributed by atoms with Crippen molar-refractivity contribution in [3.63, 3.8) is 0 Å². The number of nitrogens with one attached hydrogen (secondary N) is 1. The third-order valence-corrected chi connectivity index (χ3v) is 3.65. The molecule has 1 amide bonds. The zero-order chi connectivity index (χ0) is 16.5. The molecule has 0 atom stereocenters. The summed E-state index contributed by atoms with van der Waals surface area (Å²) in [5.74, 6) is -2.53. The fourth-order valence-corrected chi connectivity index (χ4v) is 2.56. The van der Waals surface area contributed by atoms with Crippen LogP contribution in [-0.2, 0) is 14.8 Å². The van der Waals surface area contributed by atoms with Gasteiger partial charge in [-0.15, -0.1) is 0 Å². The van der Waals surface area contributed by atoms with Crippen LogP contribution in [0, 0.1) is 5.82 Å². The summed E-state index contributed by atoms with van der Waals surface area (Å²) in [4.78, 5) is 24.4. The predicted molar refractivity (Wildman–Crippen MR) is 76.6 cm³/mol. The number of carbonyl (C=O) groups excluding carboxylic acids is 1. The van der Waals surface area contributed by atoms with E-state index in [1.807, 2.05) is 4.72 Å². The SMILES string of the molecule is CS(=O)(=O)Nc1cc(C(=O)N(CC(=O)O)C2CC2)ccc1F. The van der Waals surface area contributed by atoms with Gasteiger partial charge in [0.2, 0.25) is 10.0 Å². The van der Waals surface area contributed by atoms with E-state index in [1.54, 1.807) is 0 Å². The zero-order valence-electron chi connectivity index (χ0n) is 11.7. The molecule has 1 aromatic rings. The Morgan fingerprint density at radius 2 is 2.05 bits per heavy atom. The summed E-state index contributed by atoms with van der Waals surface area (Å²) in [6.45, 7) is -0.449. The maximum atomic E-state index is 13.6. The largest absolute Gasteiger partial charge is 0.480 e. The van der Waals surface area contributed by atoms with E-state index in [0.29, 0.717) is 12.8 Å². The lowest BCUT2D eigenvalue weighted by molar-refractivity contribution is -0.137. The van der Waals surface area contributed by atoms with Crippen molar-refractivity contribution < 1.29 is 27.5 Å². The summed E-state index contributed by atoms with van der Waals surface area (Å²) in [6, 6.07) is 3.09. The quantitative estimate of drug-likeness (QED) is 0.806. The topological polar surface area (TPSA) is 104 Å². The van der Waals surface area contributed by atoms with Crippen molar-refractivity contribution in [2.45, 2.75) is 18.9 Å². The number of benzene rings is 1. The molecular weight excluding hydrogens is 315 g/mol. The first-order chi connectivity index (χ1) is 10.2. The van der Waals surface area contributed by atoms with Gasteiger partial charge in [-0.2, -0.15) is 0 Å². The molecule has 1 fully saturated rings. The molecule has 1 saturated carbocycles. The third kappa shape index (κ3) is 4.17. The van der Waals surface area contributed by atoms with Gasteiger partial charge >= 0.3 is 5.97 Å². The number of hydrogen-bond acceptors (Lipinski definition) is 4. The second-order valence-corrected chi connectivity index (χ2v) is 6.88. The lowest BCUT2D eigenvalue weighted by atomic mass is 10.1. The molecule has 0 aromatic heterocycles. The van der Waals surface area contributed by atoms with E-state index in [2.05, 4.69) is 0 Å². The molecule has 1 aliphatic rings. The number of aliphatic carboxylic acids is 1. The first-order valence-electron chi connectivity index (χ1n) is 6.47. The van der Waals surface area contributed by atoms with Crippen molar-refractivity contribution in [3.8, 4) is 0 Å². The lowest BCUT2D eigenvalue weighted by Gasteiger charge is -2.20. The van der Waals surface area contributed by atoms with Crippen molar-refractivity contribution in [3.05, 3.63) is 29.6 Å². The first kappa shape index (κ1) is 16.2. The first-order valence-corrected chi connectivity index (χ1v) is 8.36. The fourth-order valence-electron chi connectivity index (χ4n) is 2.00. The van der Waals surface area contributed by atoms with Gasteiger partial charge in [-0.1, -0.05) is 0 Å². The molecule has 2 rings (SSSR count). The number of carboxylic acid groups (broad SMARTS) is 1. The van der Waals surface area contributed by atoms with Crippen molar-refractivity contribution in [1.29, 1.82) is 0 Å². The number of amides is 1. The second kappa shape index (κ2) is 5.91. The second-order valence-electron chi connectivity index (χ2n) is 5.13. The monoisotopic (exact) mass is 330 g/mol. The predicted octanol–water partition coefficient (Wildman–Crippen LogP) is 0.886. The summed E-state index contributed by atoms with van der Waals surface area (Å²) >= 11 is 0. The molecule has 0 spiro atoms. The average Bonchev–Trinajstić information content (AvgIpc) is 3.20. The minimum Gasteiger partial charge on any atom is -0.480 e. The van der Waals surface area contributed by atoms with Crippen LogP contribution in [0.5, 0.6) is 0 Å². The van der Waals surface area contributed by atoms with Crippen LogP contribution in [0.1, 0.15) is 23.2 Å². The van der Waals surface area contributed by atoms with Gasteiger partial charge in [0.05, 0.1) is 11.9 Å². The van der Waals surface area contributed by atoms with E-state index < -0.39 is 34.3 Å². The van der Waals surface area contributed by atoms with Crippen LogP contribution in [-0.4, -0.2) is 49.1 Å². The van der Waals surface area contributed by atoms with Gasteiger partial charge in [0, 0.05) is 11.6 Å². The number of hydrogen-bond donors (Lipinski definition) is 2. The molecule has 22 heavy (non-hydrogen) atoms. The summed E-state index contributed by atoms with van der Waals surface area (Å²) in [5, 5.41) is 8.86. The highest BCUT2D eigenvalue weighted by Gasteiger charge is 2.34. The molecule has 120 valence electrons. The molecule has 0 heterocycles. The number of carbonyl (C=O) groups is 2. The Morgan fingerprint density at radius 3 is 2.55 bits per heavy atom. The maximum absolute atomic E-state index is 13.6. The summed E-state index contributed by atoms with van der Waals surface area (Å²) in [6.07, 6.45) is 2.30. The number of sulfonamides is 1. The Bertz CT molecular complexity index is 715. The fraction of sp³-hybridized carbons (Fsp3) is 0.385. The van der Waals surface area contributed by atoms with Gasteiger partial charge in [-0.25, -0.2) is 12.8 Å². The van der Waals surface area contributed by atoms with Crippen LogP contribution >= 0.6 is 0 Å². The average molecular weight is 330 g/mol. The van der Waals surface area contributed by atoms with Gasteiger partial charge in [-0.3, -0.25) is 14.3 Å². The number of nitrogens with zero attached hydrogens (tertiary/aromatic N) is 1. The summed E-state index contributed by atoms with van der Waals surface area (Å²) in [5.41, 5.74) is -0.319. The van der Waals surface area contributed by atoms with E-state index >= 15 is 0 Å². The molecular formula is C13H15FN2O5S. The Balaban J connectivity index is 2.29. The summed E-state index contributed by atoms with van der Waals surface area (Å²) < 4.78 is 37.9. The van der Waals surface area contributed by atoms with Gasteiger partial charge in [0.1, 0.15) is 12.4 Å². The van der Waals surface area contributed by atoms with Crippen LogP contribution in [0.4, 0.5) is 10.1 Å². The molecule has 0 aliphatic heterocycles. The van der Waals surface area contributed by atoms with Crippen molar-refractivity contribution in [2.24, 2.45) is 0 Å². The van der Waals surface area contributed by atoms with Crippen LogP contribution in [0.15, 0.2) is 18.2 Å². The van der Waals surface area contributed by atoms with Crippen LogP contribution < -0.4 is 4.72 Å². The molecule has 1 aliphatic carbocycles. The Hall–Kier alpha value is -2.16. The van der Waals surface area contributed by atoms with Gasteiger partial charge in [-0.05, 0) is 31.0 Å². The number of carboxylic acids is 1. The normalized spacial score (nSPS) is 14.5. The highest BCUT2D eigenvalue weighted by Crippen LogP contribution is 2.29. The molecule has 7 nitrogen and oxygen atoms in total. The minimum absolute atomic E-state index is 0.0284. The lowest BCUT2D eigenvalue weighted by Crippen LogP contribution is -2.37. The maximum Gasteiger partial charge on any atom is 0.323 e. The van der Waals surface area contributed by atoms with E-state index in [1.165, 1.54) is 11.0 Å². The number of halogens is 1. The van der Waals surface area contributed by atoms with Crippen LogP contribution in [0.25, 0.3) is 0 Å². The van der Waals surface area contributed by atoms with Gasteiger partial charge in [0.25, 0.3) is 5.91 Å². The van der Waals surface area contributed by atoms with Crippen LogP contribution in [0.3, 0.4) is 0 Å². The van der Waals surface area contributed by atoms with Crippen molar-refractivity contribution >= 4 is 27.6 Å². The number of anilines is 1. The standard InChI is InChI=1S/C13H15FN2O5S/c1-22(20,21)15-11-6-8(2-5-10(11)14)13(19)16(7-12(17)18)9-3-4-9/h2,5-6,9,15H,3-4,7H2,1H3,(H,17,18). The Labute approximate surface area is 126 Å². The van der Waals surface area contributed by atoms with Gasteiger partial charge in [0.15, 0.2) is 0 Å². The van der Waals surface area contributed by atoms with Crippen LogP contribution in [0.2, 0.25) is 0 Å². The molecule has 9 heteroatoms. The summed E-state index contributed by atoms with van der Waals surface area (Å²) in [7, 11) is -3.69. The Morgan fingerprint density at radius 1 is 1.41 bits per heavy atom.